The second-order valence-corrected chi connectivity index (χ2v) is 9.70. The quantitative estimate of drug-likeness (QED) is 0.521. The number of hydrogen-bond acceptors (Lipinski definition) is 2. The van der Waals surface area contributed by atoms with Crippen molar-refractivity contribution >= 4 is 40.6 Å². The highest BCUT2D eigenvalue weighted by Gasteiger charge is 2.45. The average molecular weight is 446 g/mol. The SMILES string of the molecule is Cc1ccc(Cl)cc1N1C(=O)CC(c2c(F)cccc2Cl)C2=C1CC(C)(C)CC2=O. The number of Topliss-reactive ketones (excluding diaryl/α,β-unsaturated/α-hetero) is 1. The summed E-state index contributed by atoms with van der Waals surface area (Å²) in [5.41, 5.74) is 2.54. The van der Waals surface area contributed by atoms with E-state index in [2.05, 4.69) is 0 Å². The van der Waals surface area contributed by atoms with Crippen LogP contribution in [0.25, 0.3) is 0 Å². The van der Waals surface area contributed by atoms with Gasteiger partial charge in [-0.2, -0.15) is 0 Å². The minimum absolute atomic E-state index is 0.0302. The lowest BCUT2D eigenvalue weighted by Gasteiger charge is -2.43. The summed E-state index contributed by atoms with van der Waals surface area (Å²) in [7, 11) is 0. The van der Waals surface area contributed by atoms with Crippen LogP contribution in [-0.4, -0.2) is 11.7 Å². The Morgan fingerprint density at radius 2 is 1.83 bits per heavy atom. The first-order valence-electron chi connectivity index (χ1n) is 9.88. The molecule has 0 bridgehead atoms. The van der Waals surface area contributed by atoms with Gasteiger partial charge in [0.05, 0.1) is 5.69 Å². The van der Waals surface area contributed by atoms with Gasteiger partial charge in [0, 0.05) is 45.6 Å². The summed E-state index contributed by atoms with van der Waals surface area (Å²) < 4.78 is 14.8. The summed E-state index contributed by atoms with van der Waals surface area (Å²) in [6.07, 6.45) is 0.830. The third kappa shape index (κ3) is 3.57. The van der Waals surface area contributed by atoms with E-state index in [-0.39, 0.29) is 34.1 Å². The Labute approximate surface area is 185 Å². The van der Waals surface area contributed by atoms with E-state index in [0.717, 1.165) is 5.56 Å². The van der Waals surface area contributed by atoms with E-state index < -0.39 is 11.7 Å². The lowest BCUT2D eigenvalue weighted by Crippen LogP contribution is -2.44. The first-order valence-corrected chi connectivity index (χ1v) is 10.6. The molecule has 30 heavy (non-hydrogen) atoms. The van der Waals surface area contributed by atoms with E-state index in [1.807, 2.05) is 26.8 Å². The van der Waals surface area contributed by atoms with Crippen LogP contribution in [0.3, 0.4) is 0 Å². The van der Waals surface area contributed by atoms with Crippen LogP contribution in [0.15, 0.2) is 47.7 Å². The van der Waals surface area contributed by atoms with Crippen molar-refractivity contribution in [2.24, 2.45) is 5.41 Å². The summed E-state index contributed by atoms with van der Waals surface area (Å²) in [5.74, 6) is -1.46. The minimum Gasteiger partial charge on any atom is -0.294 e. The number of aryl methyl sites for hydroxylation is 1. The molecule has 1 unspecified atom stereocenters. The number of allylic oxidation sites excluding steroid dienone is 2. The molecule has 6 heteroatoms. The van der Waals surface area contributed by atoms with Gasteiger partial charge in [-0.3, -0.25) is 14.5 Å². The first-order chi connectivity index (χ1) is 14.1. The number of rotatable bonds is 2. The van der Waals surface area contributed by atoms with Crippen LogP contribution in [0.4, 0.5) is 10.1 Å². The van der Waals surface area contributed by atoms with E-state index in [0.29, 0.717) is 34.8 Å². The fourth-order valence-electron chi connectivity index (χ4n) is 4.61. The molecule has 1 aliphatic heterocycles. The van der Waals surface area contributed by atoms with Gasteiger partial charge in [-0.1, -0.05) is 49.2 Å². The van der Waals surface area contributed by atoms with Gasteiger partial charge >= 0.3 is 0 Å². The molecule has 2 aromatic rings. The number of benzene rings is 2. The average Bonchev–Trinajstić information content (AvgIpc) is 2.62. The van der Waals surface area contributed by atoms with Gasteiger partial charge in [-0.25, -0.2) is 4.39 Å². The van der Waals surface area contributed by atoms with Crippen LogP contribution < -0.4 is 4.90 Å². The summed E-state index contributed by atoms with van der Waals surface area (Å²) >= 11 is 12.6. The largest absolute Gasteiger partial charge is 0.294 e. The topological polar surface area (TPSA) is 37.4 Å². The lowest BCUT2D eigenvalue weighted by atomic mass is 9.69. The van der Waals surface area contributed by atoms with Crippen molar-refractivity contribution in [1.29, 1.82) is 0 Å². The van der Waals surface area contributed by atoms with E-state index in [1.54, 1.807) is 23.1 Å². The molecule has 156 valence electrons. The molecule has 1 heterocycles. The molecule has 1 amide bonds. The van der Waals surface area contributed by atoms with Crippen molar-refractivity contribution in [3.05, 3.63) is 74.7 Å². The zero-order chi connectivity index (χ0) is 21.8. The Balaban J connectivity index is 1.98. The summed E-state index contributed by atoms with van der Waals surface area (Å²) in [4.78, 5) is 28.3. The number of carbonyl (C=O) groups excluding carboxylic acids is 2. The molecule has 3 nitrogen and oxygen atoms in total. The molecule has 1 aliphatic carbocycles. The maximum Gasteiger partial charge on any atom is 0.232 e. The van der Waals surface area contributed by atoms with Crippen molar-refractivity contribution in [3.8, 4) is 0 Å². The van der Waals surface area contributed by atoms with Gasteiger partial charge in [-0.15, -0.1) is 0 Å². The number of anilines is 1. The molecule has 0 N–H and O–H groups in total. The molecule has 2 aromatic carbocycles. The summed E-state index contributed by atoms with van der Waals surface area (Å²) in [6.45, 7) is 5.90. The molecule has 1 atom stereocenters. The zero-order valence-electron chi connectivity index (χ0n) is 17.1. The molecule has 0 radical (unpaired) electrons. The van der Waals surface area contributed by atoms with E-state index >= 15 is 0 Å². The molecule has 0 aromatic heterocycles. The maximum absolute atomic E-state index is 14.8. The molecule has 4 rings (SSSR count). The maximum atomic E-state index is 14.8. The third-order valence-corrected chi connectivity index (χ3v) is 6.47. The Kier molecular flexibility index (Phi) is 5.27. The fraction of sp³-hybridized carbons (Fsp3) is 0.333. The van der Waals surface area contributed by atoms with E-state index in [9.17, 15) is 14.0 Å². The van der Waals surface area contributed by atoms with Crippen molar-refractivity contribution in [3.63, 3.8) is 0 Å². The Hall–Kier alpha value is -2.17. The molecule has 0 fully saturated rings. The standard InChI is InChI=1S/C24H22Cl2FNO2/c1-13-7-8-14(25)9-18(13)28-19-11-24(2,3)12-20(29)23(19)15(10-21(28)30)22-16(26)5-4-6-17(22)27/h4-9,15H,10-12H2,1-3H3. The predicted octanol–water partition coefficient (Wildman–Crippen LogP) is 6.60. The molecule has 0 saturated heterocycles. The van der Waals surface area contributed by atoms with Gasteiger partial charge < -0.3 is 0 Å². The van der Waals surface area contributed by atoms with Gasteiger partial charge in [0.2, 0.25) is 5.91 Å². The minimum atomic E-state index is -0.694. The van der Waals surface area contributed by atoms with Crippen LogP contribution in [0, 0.1) is 18.2 Å². The smallest absolute Gasteiger partial charge is 0.232 e. The highest BCUT2D eigenvalue weighted by molar-refractivity contribution is 6.32. The van der Waals surface area contributed by atoms with Crippen molar-refractivity contribution in [2.45, 2.75) is 46.0 Å². The number of halogens is 3. The second kappa shape index (κ2) is 7.51. The normalized spacial score (nSPS) is 21.1. The number of amides is 1. The number of hydrogen-bond donors (Lipinski definition) is 0. The monoisotopic (exact) mass is 445 g/mol. The van der Waals surface area contributed by atoms with E-state index in [1.165, 1.54) is 12.1 Å². The number of ketones is 1. The Morgan fingerprint density at radius 3 is 2.53 bits per heavy atom. The lowest BCUT2D eigenvalue weighted by molar-refractivity contribution is -0.121. The van der Waals surface area contributed by atoms with Crippen LogP contribution in [0.1, 0.15) is 50.2 Å². The Morgan fingerprint density at radius 1 is 1.10 bits per heavy atom. The van der Waals surface area contributed by atoms with Gasteiger partial charge in [0.1, 0.15) is 5.82 Å². The van der Waals surface area contributed by atoms with Gasteiger partial charge in [0.25, 0.3) is 0 Å². The van der Waals surface area contributed by atoms with Crippen LogP contribution in [-0.2, 0) is 9.59 Å². The molecular weight excluding hydrogens is 424 g/mol. The highest BCUT2D eigenvalue weighted by Crippen LogP contribution is 2.50. The summed E-state index contributed by atoms with van der Waals surface area (Å²) in [6, 6.07) is 9.78. The Bertz CT molecular complexity index is 1090. The summed E-state index contributed by atoms with van der Waals surface area (Å²) in [5, 5.41) is 0.732. The first kappa shape index (κ1) is 21.1. The molecule has 0 saturated carbocycles. The third-order valence-electron chi connectivity index (χ3n) is 5.90. The van der Waals surface area contributed by atoms with Crippen molar-refractivity contribution in [2.75, 3.05) is 4.90 Å². The van der Waals surface area contributed by atoms with Gasteiger partial charge in [0.15, 0.2) is 5.78 Å². The number of nitrogens with zero attached hydrogens (tertiary/aromatic N) is 1. The highest BCUT2D eigenvalue weighted by atomic mass is 35.5. The van der Waals surface area contributed by atoms with Crippen molar-refractivity contribution in [1.82, 2.24) is 0 Å². The van der Waals surface area contributed by atoms with Gasteiger partial charge in [-0.05, 0) is 48.6 Å². The fourth-order valence-corrected chi connectivity index (χ4v) is 5.07. The van der Waals surface area contributed by atoms with Crippen LogP contribution in [0.2, 0.25) is 10.0 Å². The van der Waals surface area contributed by atoms with Crippen LogP contribution >= 0.6 is 23.2 Å². The predicted molar refractivity (Wildman–Crippen MR) is 117 cm³/mol. The molecule has 2 aliphatic rings. The van der Waals surface area contributed by atoms with Crippen molar-refractivity contribution < 1.29 is 14.0 Å². The molecule has 0 spiro atoms. The second-order valence-electron chi connectivity index (χ2n) is 8.85. The van der Waals surface area contributed by atoms with E-state index in [4.69, 9.17) is 23.2 Å². The zero-order valence-corrected chi connectivity index (χ0v) is 18.6. The number of carbonyl (C=O) groups is 2. The molecular formula is C24H22Cl2FNO2. The van der Waals surface area contributed by atoms with Crippen LogP contribution in [0.5, 0.6) is 0 Å².